The lowest BCUT2D eigenvalue weighted by molar-refractivity contribution is -0.0591. The molecule has 0 bridgehead atoms. The van der Waals surface area contributed by atoms with Gasteiger partial charge in [-0.15, -0.1) is 0 Å². The minimum absolute atomic E-state index is 0.153. The van der Waals surface area contributed by atoms with E-state index in [-0.39, 0.29) is 12.5 Å². The molecule has 0 aliphatic carbocycles. The molecular weight excluding hydrogens is 344 g/mol. The second kappa shape index (κ2) is 9.18. The van der Waals surface area contributed by atoms with Gasteiger partial charge in [-0.05, 0) is 28.5 Å². The summed E-state index contributed by atoms with van der Waals surface area (Å²) in [5.74, 6) is 0.540. The smallest absolute Gasteiger partial charge is 0.143 e. The highest BCUT2D eigenvalue weighted by molar-refractivity contribution is 5.47. The van der Waals surface area contributed by atoms with Crippen LogP contribution in [0.15, 0.2) is 91.0 Å². The molecule has 0 heterocycles. The number of ether oxygens (including phenoxy) is 1. The second-order valence-corrected chi connectivity index (χ2v) is 7.76. The summed E-state index contributed by atoms with van der Waals surface area (Å²) >= 11 is 0. The molecule has 0 spiro atoms. The maximum atomic E-state index is 10.8. The highest BCUT2D eigenvalue weighted by atomic mass is 16.5. The molecule has 0 aromatic heterocycles. The molecule has 28 heavy (non-hydrogen) atoms. The number of aliphatic hydroxyl groups excluding tert-OH is 1. The van der Waals surface area contributed by atoms with E-state index in [9.17, 15) is 5.11 Å². The van der Waals surface area contributed by atoms with Crippen LogP contribution >= 0.6 is 0 Å². The van der Waals surface area contributed by atoms with Crippen molar-refractivity contribution in [1.29, 1.82) is 0 Å². The van der Waals surface area contributed by atoms with Crippen molar-refractivity contribution in [1.82, 2.24) is 0 Å². The molecule has 2 atom stereocenters. The molecule has 3 rings (SSSR count). The third kappa shape index (κ3) is 4.19. The average Bonchev–Trinajstić information content (AvgIpc) is 2.75. The highest BCUT2D eigenvalue weighted by Gasteiger charge is 2.38. The molecule has 0 radical (unpaired) electrons. The summed E-state index contributed by atoms with van der Waals surface area (Å²) in [4.78, 5) is 0. The Balaban J connectivity index is 2.11. The maximum Gasteiger partial charge on any atom is 0.143 e. The zero-order chi connectivity index (χ0) is 20.0. The molecule has 0 saturated carbocycles. The highest BCUT2D eigenvalue weighted by Crippen LogP contribution is 2.40. The zero-order valence-electron chi connectivity index (χ0n) is 17.0. The van der Waals surface area contributed by atoms with E-state index >= 15 is 0 Å². The van der Waals surface area contributed by atoms with Crippen LogP contribution in [0.4, 0.5) is 0 Å². The number of benzene rings is 3. The maximum absolute atomic E-state index is 10.8. The van der Waals surface area contributed by atoms with Crippen molar-refractivity contribution >= 4 is 0 Å². The van der Waals surface area contributed by atoms with Crippen molar-refractivity contribution < 1.29 is 9.84 Å². The quantitative estimate of drug-likeness (QED) is 0.516. The summed E-state index contributed by atoms with van der Waals surface area (Å²) in [6.07, 6.45) is -0.532. The molecule has 0 saturated heterocycles. The van der Waals surface area contributed by atoms with Gasteiger partial charge in [-0.1, -0.05) is 112 Å². The van der Waals surface area contributed by atoms with Gasteiger partial charge in [-0.3, -0.25) is 0 Å². The summed E-state index contributed by atoms with van der Waals surface area (Å²) < 4.78 is 6.67. The number of aliphatic hydroxyl groups is 1. The van der Waals surface area contributed by atoms with Crippen LogP contribution in [0.25, 0.3) is 0 Å². The van der Waals surface area contributed by atoms with Gasteiger partial charge in [0.15, 0.2) is 0 Å². The summed E-state index contributed by atoms with van der Waals surface area (Å²) in [5, 5.41) is 10.8. The molecule has 0 amide bonds. The van der Waals surface area contributed by atoms with E-state index in [0.29, 0.717) is 5.92 Å². The van der Waals surface area contributed by atoms with E-state index in [1.807, 2.05) is 54.6 Å². The van der Waals surface area contributed by atoms with Gasteiger partial charge in [0.2, 0.25) is 0 Å². The third-order valence-electron chi connectivity index (χ3n) is 5.67. The zero-order valence-corrected chi connectivity index (χ0v) is 17.0. The van der Waals surface area contributed by atoms with E-state index in [4.69, 9.17) is 4.74 Å². The SMILES string of the molecule is CC(C)[C@H](C)[C@@H](O)COC(c1ccccc1)(c1ccccc1)c1ccccc1. The topological polar surface area (TPSA) is 29.5 Å². The van der Waals surface area contributed by atoms with Crippen LogP contribution in [0.5, 0.6) is 0 Å². The normalized spacial score (nSPS) is 14.0. The average molecular weight is 375 g/mol. The first-order valence-electron chi connectivity index (χ1n) is 10.0. The third-order valence-corrected chi connectivity index (χ3v) is 5.67. The summed E-state index contributed by atoms with van der Waals surface area (Å²) in [6, 6.07) is 30.8. The standard InChI is InChI=1S/C26H30O2/c1-20(2)21(3)25(27)19-28-26(22-13-7-4-8-14-22,23-15-9-5-10-16-23)24-17-11-6-12-18-24/h4-18,20-21,25,27H,19H2,1-3H3/t21-,25-/m0/s1. The predicted molar refractivity (Wildman–Crippen MR) is 115 cm³/mol. The molecule has 2 nitrogen and oxygen atoms in total. The molecule has 1 N–H and O–H groups in total. The van der Waals surface area contributed by atoms with Gasteiger partial charge >= 0.3 is 0 Å². The van der Waals surface area contributed by atoms with E-state index in [2.05, 4.69) is 57.2 Å². The lowest BCUT2D eigenvalue weighted by Crippen LogP contribution is -2.37. The van der Waals surface area contributed by atoms with Crippen molar-refractivity contribution in [2.45, 2.75) is 32.5 Å². The van der Waals surface area contributed by atoms with Crippen LogP contribution in [0.3, 0.4) is 0 Å². The van der Waals surface area contributed by atoms with Gasteiger partial charge in [-0.25, -0.2) is 0 Å². The Morgan fingerprint density at radius 3 is 1.36 bits per heavy atom. The van der Waals surface area contributed by atoms with Gasteiger partial charge in [0.1, 0.15) is 5.60 Å². The first kappa shape index (κ1) is 20.3. The molecule has 0 aliphatic heterocycles. The Morgan fingerprint density at radius 2 is 1.04 bits per heavy atom. The Bertz CT molecular complexity index is 731. The lowest BCUT2D eigenvalue weighted by atomic mass is 9.80. The van der Waals surface area contributed by atoms with Crippen LogP contribution in [0, 0.1) is 11.8 Å². The first-order valence-corrected chi connectivity index (χ1v) is 10.0. The number of rotatable bonds is 8. The summed E-state index contributed by atoms with van der Waals surface area (Å²) in [6.45, 7) is 6.60. The molecule has 0 unspecified atom stereocenters. The van der Waals surface area contributed by atoms with Gasteiger partial charge < -0.3 is 9.84 Å². The number of hydrogen-bond acceptors (Lipinski definition) is 2. The van der Waals surface area contributed by atoms with Gasteiger partial charge in [-0.2, -0.15) is 0 Å². The van der Waals surface area contributed by atoms with Crippen molar-refractivity contribution in [2.75, 3.05) is 6.61 Å². The molecule has 2 heteroatoms. The Kier molecular flexibility index (Phi) is 6.66. The molecule has 3 aromatic carbocycles. The molecule has 0 fully saturated rings. The minimum atomic E-state index is -0.776. The lowest BCUT2D eigenvalue weighted by Gasteiger charge is -2.37. The predicted octanol–water partition coefficient (Wildman–Crippen LogP) is 5.65. The summed E-state index contributed by atoms with van der Waals surface area (Å²) in [5.41, 5.74) is 2.38. The molecule has 3 aromatic rings. The Labute approximate surface area is 168 Å². The molecular formula is C26H30O2. The van der Waals surface area contributed by atoms with Crippen LogP contribution in [-0.4, -0.2) is 17.8 Å². The second-order valence-electron chi connectivity index (χ2n) is 7.76. The minimum Gasteiger partial charge on any atom is -0.390 e. The van der Waals surface area contributed by atoms with Crippen LogP contribution in [0.2, 0.25) is 0 Å². The van der Waals surface area contributed by atoms with E-state index in [1.54, 1.807) is 0 Å². The van der Waals surface area contributed by atoms with Gasteiger partial charge in [0.25, 0.3) is 0 Å². The van der Waals surface area contributed by atoms with Crippen LogP contribution < -0.4 is 0 Å². The van der Waals surface area contributed by atoms with E-state index in [1.165, 1.54) is 0 Å². The van der Waals surface area contributed by atoms with Gasteiger partial charge in [0.05, 0.1) is 12.7 Å². The van der Waals surface area contributed by atoms with Crippen molar-refractivity contribution in [3.63, 3.8) is 0 Å². The van der Waals surface area contributed by atoms with Crippen molar-refractivity contribution in [3.05, 3.63) is 108 Å². The monoisotopic (exact) mass is 374 g/mol. The van der Waals surface area contributed by atoms with E-state index in [0.717, 1.165) is 16.7 Å². The first-order chi connectivity index (χ1) is 13.6. The Morgan fingerprint density at radius 1 is 0.679 bits per heavy atom. The van der Waals surface area contributed by atoms with E-state index < -0.39 is 11.7 Å². The van der Waals surface area contributed by atoms with Crippen molar-refractivity contribution in [2.24, 2.45) is 11.8 Å². The fourth-order valence-corrected chi connectivity index (χ4v) is 3.58. The largest absolute Gasteiger partial charge is 0.390 e. The van der Waals surface area contributed by atoms with Crippen molar-refractivity contribution in [3.8, 4) is 0 Å². The van der Waals surface area contributed by atoms with Crippen LogP contribution in [0.1, 0.15) is 37.5 Å². The molecule has 146 valence electrons. The van der Waals surface area contributed by atoms with Crippen LogP contribution in [-0.2, 0) is 10.3 Å². The summed E-state index contributed by atoms with van der Waals surface area (Å²) in [7, 11) is 0. The molecule has 0 aliphatic rings. The fraction of sp³-hybridized carbons (Fsp3) is 0.308. The van der Waals surface area contributed by atoms with Gasteiger partial charge in [0, 0.05) is 0 Å². The Hall–Kier alpha value is -2.42. The fourth-order valence-electron chi connectivity index (χ4n) is 3.58. The number of hydrogen-bond donors (Lipinski definition) is 1.